The van der Waals surface area contributed by atoms with Gasteiger partial charge in [-0.2, -0.15) is 0 Å². The lowest BCUT2D eigenvalue weighted by Gasteiger charge is -2.16. The average Bonchev–Trinajstić information content (AvgIpc) is 2.27. The Balaban J connectivity index is 3.52. The van der Waals surface area contributed by atoms with Gasteiger partial charge in [0, 0.05) is 11.6 Å². The Morgan fingerprint density at radius 1 is 1.24 bits per heavy atom. The second kappa shape index (κ2) is 4.99. The van der Waals surface area contributed by atoms with Gasteiger partial charge in [0.05, 0.1) is 20.1 Å². The minimum Gasteiger partial charge on any atom is -0.492 e. The molecular weight excluding hydrogens is 234 g/mol. The van der Waals surface area contributed by atoms with Crippen LogP contribution in [0, 0.1) is 11.6 Å². The molecule has 0 fully saturated rings. The Labute approximate surface area is 96.8 Å². The van der Waals surface area contributed by atoms with Gasteiger partial charge in [-0.3, -0.25) is 4.79 Å². The molecule has 1 aromatic rings. The summed E-state index contributed by atoms with van der Waals surface area (Å²) in [7, 11) is 2.38. The van der Waals surface area contributed by atoms with Crippen LogP contribution in [0.25, 0.3) is 0 Å². The molecule has 94 valence electrons. The summed E-state index contributed by atoms with van der Waals surface area (Å²) in [5.74, 6) is -4.87. The third-order valence-corrected chi connectivity index (χ3v) is 2.39. The number of carbonyl (C=O) groups is 1. The monoisotopic (exact) mass is 246 g/mol. The molecule has 0 saturated carbocycles. The number of halogens is 2. The van der Waals surface area contributed by atoms with Gasteiger partial charge in [-0.1, -0.05) is 0 Å². The molecule has 0 aliphatic carbocycles. The van der Waals surface area contributed by atoms with Gasteiger partial charge in [0.1, 0.15) is 5.82 Å². The number of rotatable bonds is 4. The molecule has 0 saturated heterocycles. The van der Waals surface area contributed by atoms with Gasteiger partial charge >= 0.3 is 5.97 Å². The summed E-state index contributed by atoms with van der Waals surface area (Å²) in [5, 5.41) is 8.86. The SMILES string of the molecule is COc1c(F)cc(F)c(C(C)C(=O)O)c1OC. The Hall–Kier alpha value is -1.85. The van der Waals surface area contributed by atoms with Gasteiger partial charge in [0.25, 0.3) is 0 Å². The smallest absolute Gasteiger partial charge is 0.310 e. The fourth-order valence-electron chi connectivity index (χ4n) is 1.51. The summed E-state index contributed by atoms with van der Waals surface area (Å²) in [6.07, 6.45) is 0. The first kappa shape index (κ1) is 13.2. The third kappa shape index (κ3) is 2.30. The van der Waals surface area contributed by atoms with E-state index in [2.05, 4.69) is 0 Å². The van der Waals surface area contributed by atoms with Crippen LogP contribution in [0.4, 0.5) is 8.78 Å². The van der Waals surface area contributed by atoms with E-state index in [0.29, 0.717) is 6.07 Å². The van der Waals surface area contributed by atoms with Crippen molar-refractivity contribution in [3.05, 3.63) is 23.3 Å². The summed E-state index contributed by atoms with van der Waals surface area (Å²) >= 11 is 0. The summed E-state index contributed by atoms with van der Waals surface area (Å²) in [6, 6.07) is 0.579. The van der Waals surface area contributed by atoms with Crippen LogP contribution in [0.2, 0.25) is 0 Å². The predicted octanol–water partition coefficient (Wildman–Crippen LogP) is 2.17. The van der Waals surface area contributed by atoms with Gasteiger partial charge in [0.2, 0.25) is 0 Å². The maximum atomic E-state index is 13.6. The molecule has 1 N–H and O–H groups in total. The van der Waals surface area contributed by atoms with Crippen LogP contribution < -0.4 is 9.47 Å². The lowest BCUT2D eigenvalue weighted by Crippen LogP contribution is -2.12. The molecule has 4 nitrogen and oxygen atoms in total. The molecule has 0 aromatic heterocycles. The minimum atomic E-state index is -1.24. The normalized spacial score (nSPS) is 12.1. The second-order valence-corrected chi connectivity index (χ2v) is 3.38. The summed E-state index contributed by atoms with van der Waals surface area (Å²) < 4.78 is 36.5. The van der Waals surface area contributed by atoms with Crippen molar-refractivity contribution < 1.29 is 28.2 Å². The van der Waals surface area contributed by atoms with E-state index in [1.165, 1.54) is 21.1 Å². The molecule has 1 unspecified atom stereocenters. The Bertz CT molecular complexity index is 446. The molecule has 0 amide bonds. The zero-order valence-electron chi connectivity index (χ0n) is 9.58. The zero-order valence-corrected chi connectivity index (χ0v) is 9.58. The highest BCUT2D eigenvalue weighted by Crippen LogP contribution is 2.39. The van der Waals surface area contributed by atoms with Crippen molar-refractivity contribution in [3.8, 4) is 11.5 Å². The number of carboxylic acid groups (broad SMARTS) is 1. The largest absolute Gasteiger partial charge is 0.492 e. The van der Waals surface area contributed by atoms with Crippen molar-refractivity contribution in [2.24, 2.45) is 0 Å². The fourth-order valence-corrected chi connectivity index (χ4v) is 1.51. The highest BCUT2D eigenvalue weighted by molar-refractivity contribution is 5.77. The third-order valence-electron chi connectivity index (χ3n) is 2.39. The van der Waals surface area contributed by atoms with E-state index >= 15 is 0 Å². The fraction of sp³-hybridized carbons (Fsp3) is 0.364. The number of aliphatic carboxylic acids is 1. The first-order chi connectivity index (χ1) is 7.93. The van der Waals surface area contributed by atoms with Crippen molar-refractivity contribution in [2.75, 3.05) is 14.2 Å². The van der Waals surface area contributed by atoms with Crippen LogP contribution in [0.5, 0.6) is 11.5 Å². The van der Waals surface area contributed by atoms with Crippen molar-refractivity contribution in [1.29, 1.82) is 0 Å². The zero-order chi connectivity index (χ0) is 13.2. The highest BCUT2D eigenvalue weighted by Gasteiger charge is 2.27. The van der Waals surface area contributed by atoms with Crippen molar-refractivity contribution >= 4 is 5.97 Å². The summed E-state index contributed by atoms with van der Waals surface area (Å²) in [4.78, 5) is 10.8. The van der Waals surface area contributed by atoms with Gasteiger partial charge in [0.15, 0.2) is 17.3 Å². The number of ether oxygens (including phenoxy) is 2. The molecule has 0 radical (unpaired) electrons. The Morgan fingerprint density at radius 3 is 2.18 bits per heavy atom. The van der Waals surface area contributed by atoms with Crippen molar-refractivity contribution in [2.45, 2.75) is 12.8 Å². The number of benzene rings is 1. The van der Waals surface area contributed by atoms with Crippen molar-refractivity contribution in [1.82, 2.24) is 0 Å². The highest BCUT2D eigenvalue weighted by atomic mass is 19.1. The Morgan fingerprint density at radius 2 is 1.76 bits per heavy atom. The van der Waals surface area contributed by atoms with Crippen LogP contribution in [0.15, 0.2) is 6.07 Å². The second-order valence-electron chi connectivity index (χ2n) is 3.38. The minimum absolute atomic E-state index is 0.236. The summed E-state index contributed by atoms with van der Waals surface area (Å²) in [5.41, 5.74) is -0.238. The van der Waals surface area contributed by atoms with Crippen LogP contribution in [0.1, 0.15) is 18.4 Å². The van der Waals surface area contributed by atoms with E-state index in [0.717, 1.165) is 0 Å². The van der Waals surface area contributed by atoms with Gasteiger partial charge < -0.3 is 14.6 Å². The van der Waals surface area contributed by atoms with Crippen LogP contribution in [-0.4, -0.2) is 25.3 Å². The standard InChI is InChI=1S/C11H12F2O4/c1-5(11(14)15)8-6(12)4-7(13)9(16-2)10(8)17-3/h4-5H,1-3H3,(H,14,15). The van der Waals surface area contributed by atoms with E-state index < -0.39 is 23.5 Å². The first-order valence-electron chi connectivity index (χ1n) is 4.76. The number of methoxy groups -OCH3 is 2. The molecule has 0 spiro atoms. The molecule has 0 bridgehead atoms. The maximum absolute atomic E-state index is 13.6. The van der Waals surface area contributed by atoms with E-state index in [1.54, 1.807) is 0 Å². The maximum Gasteiger partial charge on any atom is 0.310 e. The molecule has 0 heterocycles. The lowest BCUT2D eigenvalue weighted by molar-refractivity contribution is -0.138. The molecule has 0 aliphatic rings. The van der Waals surface area contributed by atoms with Crippen molar-refractivity contribution in [3.63, 3.8) is 0 Å². The van der Waals surface area contributed by atoms with E-state index in [1.807, 2.05) is 0 Å². The number of carboxylic acids is 1. The topological polar surface area (TPSA) is 55.8 Å². The van der Waals surface area contributed by atoms with Gasteiger partial charge in [-0.25, -0.2) is 8.78 Å². The lowest BCUT2D eigenvalue weighted by atomic mass is 9.99. The quantitative estimate of drug-likeness (QED) is 0.884. The van der Waals surface area contributed by atoms with E-state index in [4.69, 9.17) is 14.6 Å². The Kier molecular flexibility index (Phi) is 3.88. The number of hydrogen-bond donors (Lipinski definition) is 1. The molecule has 17 heavy (non-hydrogen) atoms. The summed E-state index contributed by atoms with van der Waals surface area (Å²) in [6.45, 7) is 1.28. The van der Waals surface area contributed by atoms with Crippen LogP contribution in [-0.2, 0) is 4.79 Å². The molecular formula is C11H12F2O4. The molecule has 6 heteroatoms. The van der Waals surface area contributed by atoms with Gasteiger partial charge in [-0.15, -0.1) is 0 Å². The van der Waals surface area contributed by atoms with Crippen LogP contribution >= 0.6 is 0 Å². The number of hydrogen-bond acceptors (Lipinski definition) is 3. The van der Waals surface area contributed by atoms with Gasteiger partial charge in [-0.05, 0) is 6.92 Å². The molecule has 1 aromatic carbocycles. The molecule has 0 aliphatic heterocycles. The van der Waals surface area contributed by atoms with Crippen LogP contribution in [0.3, 0.4) is 0 Å². The molecule has 1 atom stereocenters. The average molecular weight is 246 g/mol. The predicted molar refractivity (Wildman–Crippen MR) is 55.5 cm³/mol. The first-order valence-corrected chi connectivity index (χ1v) is 4.76. The van der Waals surface area contributed by atoms with E-state index in [9.17, 15) is 13.6 Å². The van der Waals surface area contributed by atoms with E-state index in [-0.39, 0.29) is 17.1 Å². The molecule has 1 rings (SSSR count).